The minimum atomic E-state index is -0.708. The van der Waals surface area contributed by atoms with Gasteiger partial charge in [0.1, 0.15) is 12.0 Å². The second kappa shape index (κ2) is 6.35. The SMILES string of the molecule is Cc1cnc(Cl)nc1N1CC(CC#N)(N2CCN3C[C@H](F)C[C@H]3C2)C1. The summed E-state index contributed by atoms with van der Waals surface area (Å²) in [5, 5.41) is 9.61. The minimum Gasteiger partial charge on any atom is -0.352 e. The van der Waals surface area contributed by atoms with Crippen molar-refractivity contribution < 1.29 is 4.39 Å². The molecule has 134 valence electrons. The molecule has 0 aliphatic carbocycles. The molecule has 25 heavy (non-hydrogen) atoms. The lowest BCUT2D eigenvalue weighted by atomic mass is 9.83. The van der Waals surface area contributed by atoms with E-state index in [1.165, 1.54) is 0 Å². The zero-order valence-corrected chi connectivity index (χ0v) is 15.1. The number of nitriles is 1. The van der Waals surface area contributed by atoms with Crippen LogP contribution in [0.4, 0.5) is 10.2 Å². The van der Waals surface area contributed by atoms with Gasteiger partial charge in [-0.25, -0.2) is 14.4 Å². The van der Waals surface area contributed by atoms with Crippen molar-refractivity contribution in [1.82, 2.24) is 19.8 Å². The first-order valence-corrected chi connectivity index (χ1v) is 9.13. The topological polar surface area (TPSA) is 59.3 Å². The largest absolute Gasteiger partial charge is 0.352 e. The van der Waals surface area contributed by atoms with Crippen LogP contribution in [-0.2, 0) is 0 Å². The maximum absolute atomic E-state index is 13.7. The maximum atomic E-state index is 13.7. The third-order valence-corrected chi connectivity index (χ3v) is 6.01. The number of piperazine rings is 1. The Balaban J connectivity index is 1.49. The minimum absolute atomic E-state index is 0.168. The van der Waals surface area contributed by atoms with Crippen molar-refractivity contribution >= 4 is 17.4 Å². The number of hydrogen-bond donors (Lipinski definition) is 0. The number of halogens is 2. The number of anilines is 1. The highest BCUT2D eigenvalue weighted by atomic mass is 35.5. The fraction of sp³-hybridized carbons (Fsp3) is 0.706. The van der Waals surface area contributed by atoms with Crippen LogP contribution in [-0.4, -0.2) is 76.8 Å². The van der Waals surface area contributed by atoms with Gasteiger partial charge in [-0.1, -0.05) is 0 Å². The van der Waals surface area contributed by atoms with Gasteiger partial charge in [-0.15, -0.1) is 0 Å². The summed E-state index contributed by atoms with van der Waals surface area (Å²) in [6.07, 6.45) is 2.12. The van der Waals surface area contributed by atoms with Crippen molar-refractivity contribution in [1.29, 1.82) is 5.26 Å². The smallest absolute Gasteiger partial charge is 0.224 e. The zero-order valence-electron chi connectivity index (χ0n) is 14.3. The molecule has 8 heteroatoms. The first-order valence-electron chi connectivity index (χ1n) is 8.75. The summed E-state index contributed by atoms with van der Waals surface area (Å²) in [6.45, 7) is 6.66. The Morgan fingerprint density at radius 2 is 2.20 bits per heavy atom. The van der Waals surface area contributed by atoms with E-state index in [9.17, 15) is 9.65 Å². The predicted molar refractivity (Wildman–Crippen MR) is 93.4 cm³/mol. The first kappa shape index (κ1) is 17.0. The molecular weight excluding hydrogens is 343 g/mol. The molecule has 4 heterocycles. The quantitative estimate of drug-likeness (QED) is 0.760. The number of nitrogens with zero attached hydrogens (tertiary/aromatic N) is 6. The fourth-order valence-corrected chi connectivity index (χ4v) is 4.66. The summed E-state index contributed by atoms with van der Waals surface area (Å²) in [5.41, 5.74) is 0.815. The Bertz CT molecular complexity index is 701. The molecule has 0 radical (unpaired) electrons. The van der Waals surface area contributed by atoms with Crippen LogP contribution in [0.25, 0.3) is 0 Å². The van der Waals surface area contributed by atoms with Crippen LogP contribution in [0.2, 0.25) is 5.28 Å². The van der Waals surface area contributed by atoms with Crippen LogP contribution in [0.15, 0.2) is 6.20 Å². The van der Waals surface area contributed by atoms with Crippen molar-refractivity contribution in [3.05, 3.63) is 17.0 Å². The number of rotatable bonds is 3. The zero-order chi connectivity index (χ0) is 17.6. The van der Waals surface area contributed by atoms with E-state index in [0.717, 1.165) is 44.1 Å². The van der Waals surface area contributed by atoms with Crippen LogP contribution >= 0.6 is 11.6 Å². The molecule has 4 rings (SSSR count). The molecule has 2 atom stereocenters. The van der Waals surface area contributed by atoms with Crippen molar-refractivity contribution in [2.24, 2.45) is 0 Å². The molecule has 0 aromatic carbocycles. The van der Waals surface area contributed by atoms with Gasteiger partial charge in [0.25, 0.3) is 0 Å². The monoisotopic (exact) mass is 364 g/mol. The predicted octanol–water partition coefficient (Wildman–Crippen LogP) is 1.64. The lowest BCUT2D eigenvalue weighted by Crippen LogP contribution is -2.73. The van der Waals surface area contributed by atoms with Crippen LogP contribution in [0.1, 0.15) is 18.4 Å². The molecule has 3 saturated heterocycles. The summed E-state index contributed by atoms with van der Waals surface area (Å²) in [4.78, 5) is 15.2. The Labute approximate surface area is 152 Å². The van der Waals surface area contributed by atoms with E-state index >= 15 is 0 Å². The van der Waals surface area contributed by atoms with Gasteiger partial charge < -0.3 is 4.90 Å². The molecule has 3 aliphatic heterocycles. The van der Waals surface area contributed by atoms with Gasteiger partial charge in [-0.05, 0) is 24.9 Å². The molecule has 0 saturated carbocycles. The summed E-state index contributed by atoms with van der Waals surface area (Å²) >= 11 is 5.94. The van der Waals surface area contributed by atoms with E-state index in [1.54, 1.807) is 6.20 Å². The van der Waals surface area contributed by atoms with Crippen LogP contribution in [0, 0.1) is 18.3 Å². The van der Waals surface area contributed by atoms with Crippen LogP contribution in [0.5, 0.6) is 0 Å². The molecule has 0 bridgehead atoms. The molecule has 1 aromatic rings. The van der Waals surface area contributed by atoms with Gasteiger partial charge in [0.2, 0.25) is 5.28 Å². The summed E-state index contributed by atoms with van der Waals surface area (Å²) in [6, 6.07) is 2.64. The third kappa shape index (κ3) is 2.97. The van der Waals surface area contributed by atoms with Gasteiger partial charge >= 0.3 is 0 Å². The van der Waals surface area contributed by atoms with E-state index in [1.807, 2.05) is 6.92 Å². The summed E-state index contributed by atoms with van der Waals surface area (Å²) in [7, 11) is 0. The third-order valence-electron chi connectivity index (χ3n) is 5.83. The van der Waals surface area contributed by atoms with E-state index in [4.69, 9.17) is 11.6 Å². The molecule has 3 fully saturated rings. The normalized spacial score (nSPS) is 29.1. The Kier molecular flexibility index (Phi) is 4.30. The van der Waals surface area contributed by atoms with E-state index < -0.39 is 6.17 Å². The van der Waals surface area contributed by atoms with Crippen molar-refractivity contribution in [3.8, 4) is 6.07 Å². The van der Waals surface area contributed by atoms with Gasteiger partial charge in [0.15, 0.2) is 0 Å². The molecule has 1 aromatic heterocycles. The fourth-order valence-electron chi connectivity index (χ4n) is 4.53. The van der Waals surface area contributed by atoms with Crippen LogP contribution in [0.3, 0.4) is 0 Å². The number of aromatic nitrogens is 2. The van der Waals surface area contributed by atoms with E-state index in [2.05, 4.69) is 30.7 Å². The van der Waals surface area contributed by atoms with Crippen molar-refractivity contribution in [3.63, 3.8) is 0 Å². The highest BCUT2D eigenvalue weighted by Gasteiger charge is 2.51. The summed E-state index contributed by atoms with van der Waals surface area (Å²) in [5.74, 6) is 0.844. The second-order valence-corrected chi connectivity index (χ2v) is 7.83. The van der Waals surface area contributed by atoms with Crippen LogP contribution < -0.4 is 4.90 Å². The van der Waals surface area contributed by atoms with Gasteiger partial charge in [-0.3, -0.25) is 9.80 Å². The number of hydrogen-bond acceptors (Lipinski definition) is 6. The summed E-state index contributed by atoms with van der Waals surface area (Å²) < 4.78 is 13.7. The number of aryl methyl sites for hydroxylation is 1. The molecule has 0 unspecified atom stereocenters. The van der Waals surface area contributed by atoms with Gasteiger partial charge in [-0.2, -0.15) is 5.26 Å². The lowest BCUT2D eigenvalue weighted by Gasteiger charge is -2.58. The van der Waals surface area contributed by atoms with E-state index in [-0.39, 0.29) is 16.9 Å². The molecular formula is C17H22ClFN6. The lowest BCUT2D eigenvalue weighted by molar-refractivity contribution is -0.000635. The van der Waals surface area contributed by atoms with Gasteiger partial charge in [0, 0.05) is 57.1 Å². The highest BCUT2D eigenvalue weighted by molar-refractivity contribution is 6.28. The standard InChI is InChI=1S/C17H22ClFN6/c1-12-7-21-16(18)22-15(12)24-10-17(11-24,2-3-20)25-5-4-23-8-13(19)6-14(23)9-25/h7,13-14H,2,4-6,8-11H2,1H3/t13-,14+/m1/s1. The Morgan fingerprint density at radius 3 is 2.96 bits per heavy atom. The van der Waals surface area contributed by atoms with Crippen molar-refractivity contribution in [2.45, 2.75) is 37.5 Å². The van der Waals surface area contributed by atoms with Crippen molar-refractivity contribution in [2.75, 3.05) is 44.2 Å². The maximum Gasteiger partial charge on any atom is 0.224 e. The molecule has 0 amide bonds. The molecule has 0 N–H and O–H groups in total. The average molecular weight is 365 g/mol. The molecule has 0 spiro atoms. The van der Waals surface area contributed by atoms with E-state index in [0.29, 0.717) is 19.4 Å². The average Bonchev–Trinajstić information content (AvgIpc) is 2.92. The number of alkyl halides is 1. The highest BCUT2D eigenvalue weighted by Crippen LogP contribution is 2.38. The van der Waals surface area contributed by atoms with Gasteiger partial charge in [0.05, 0.1) is 18.0 Å². The second-order valence-electron chi connectivity index (χ2n) is 7.49. The first-order chi connectivity index (χ1) is 12.0. The molecule has 3 aliphatic rings. The number of fused-ring (bicyclic) bond motifs is 1. The Hall–Kier alpha value is -1.49. The molecule has 6 nitrogen and oxygen atoms in total. The Morgan fingerprint density at radius 1 is 1.40 bits per heavy atom.